The molecular formula is C19H23N3O5S. The standard InChI is InChI=1S/C19H23N3O5S/c1-12(22-18(24)15-4-2-3-5-16(15)19(22)25)17(23)21-11-10-13-6-8-14(9-7-13)28(20,26)27/h2-3,6-9,12,15-16H,4-5,10-11H2,1H3,(H,21,23)(H2,20,26,27). The molecule has 1 fully saturated rings. The van der Waals surface area contributed by atoms with E-state index < -0.39 is 22.0 Å². The van der Waals surface area contributed by atoms with Gasteiger partial charge in [0.15, 0.2) is 0 Å². The zero-order valence-corrected chi connectivity index (χ0v) is 16.3. The molecule has 8 nitrogen and oxygen atoms in total. The summed E-state index contributed by atoms with van der Waals surface area (Å²) in [6, 6.07) is 5.20. The van der Waals surface area contributed by atoms with Crippen molar-refractivity contribution in [3.05, 3.63) is 42.0 Å². The SMILES string of the molecule is CC(C(=O)NCCc1ccc(S(N)(=O)=O)cc1)N1C(=O)C2CC=CCC2C1=O. The minimum Gasteiger partial charge on any atom is -0.354 e. The highest BCUT2D eigenvalue weighted by Crippen LogP contribution is 2.36. The molecule has 1 aliphatic heterocycles. The first-order valence-electron chi connectivity index (χ1n) is 9.11. The lowest BCUT2D eigenvalue weighted by Crippen LogP contribution is -2.48. The maximum Gasteiger partial charge on any atom is 0.243 e. The van der Waals surface area contributed by atoms with Crippen LogP contribution in [0.15, 0.2) is 41.3 Å². The van der Waals surface area contributed by atoms with Gasteiger partial charge in [0.2, 0.25) is 27.7 Å². The molecular weight excluding hydrogens is 382 g/mol. The molecule has 0 saturated carbocycles. The first kappa shape index (κ1) is 20.2. The van der Waals surface area contributed by atoms with E-state index in [2.05, 4.69) is 5.32 Å². The number of amides is 3. The van der Waals surface area contributed by atoms with Gasteiger partial charge in [-0.05, 0) is 43.9 Å². The number of fused-ring (bicyclic) bond motifs is 1. The number of nitrogens with one attached hydrogen (secondary N) is 1. The average Bonchev–Trinajstić information content (AvgIpc) is 2.92. The fourth-order valence-corrected chi connectivity index (χ4v) is 4.16. The molecule has 1 aliphatic carbocycles. The molecule has 3 rings (SSSR count). The van der Waals surface area contributed by atoms with Gasteiger partial charge < -0.3 is 5.32 Å². The summed E-state index contributed by atoms with van der Waals surface area (Å²) >= 11 is 0. The molecule has 3 N–H and O–H groups in total. The summed E-state index contributed by atoms with van der Waals surface area (Å²) in [6.45, 7) is 1.85. The molecule has 3 amide bonds. The predicted octanol–water partition coefficient (Wildman–Crippen LogP) is 0.332. The van der Waals surface area contributed by atoms with Crippen molar-refractivity contribution in [2.75, 3.05) is 6.54 Å². The van der Waals surface area contributed by atoms with E-state index in [4.69, 9.17) is 5.14 Å². The summed E-state index contributed by atoms with van der Waals surface area (Å²) in [6.07, 6.45) is 5.35. The van der Waals surface area contributed by atoms with Gasteiger partial charge in [0.25, 0.3) is 0 Å². The molecule has 28 heavy (non-hydrogen) atoms. The second kappa shape index (κ2) is 7.84. The summed E-state index contributed by atoms with van der Waals surface area (Å²) in [4.78, 5) is 38.6. The van der Waals surface area contributed by atoms with Gasteiger partial charge >= 0.3 is 0 Å². The number of nitrogens with two attached hydrogens (primary N) is 1. The third-order valence-electron chi connectivity index (χ3n) is 5.27. The lowest BCUT2D eigenvalue weighted by atomic mass is 9.85. The first-order valence-corrected chi connectivity index (χ1v) is 10.7. The first-order chi connectivity index (χ1) is 13.2. The molecule has 0 aromatic heterocycles. The van der Waals surface area contributed by atoms with E-state index in [0.29, 0.717) is 25.8 Å². The second-order valence-corrected chi connectivity index (χ2v) is 8.67. The molecule has 0 radical (unpaired) electrons. The highest BCUT2D eigenvalue weighted by Gasteiger charge is 2.49. The lowest BCUT2D eigenvalue weighted by molar-refractivity contribution is -0.147. The van der Waals surface area contributed by atoms with Crippen LogP contribution < -0.4 is 10.5 Å². The van der Waals surface area contributed by atoms with Crippen molar-refractivity contribution in [1.82, 2.24) is 10.2 Å². The summed E-state index contributed by atoms with van der Waals surface area (Å²) in [5.41, 5.74) is 0.825. The molecule has 1 aromatic rings. The highest BCUT2D eigenvalue weighted by molar-refractivity contribution is 7.89. The van der Waals surface area contributed by atoms with E-state index in [9.17, 15) is 22.8 Å². The largest absolute Gasteiger partial charge is 0.354 e. The maximum atomic E-state index is 12.5. The molecule has 0 bridgehead atoms. The van der Waals surface area contributed by atoms with Gasteiger partial charge in [-0.25, -0.2) is 13.6 Å². The Morgan fingerprint density at radius 3 is 2.18 bits per heavy atom. The van der Waals surface area contributed by atoms with E-state index >= 15 is 0 Å². The van der Waals surface area contributed by atoms with Crippen molar-refractivity contribution in [3.63, 3.8) is 0 Å². The Morgan fingerprint density at radius 2 is 1.68 bits per heavy atom. The number of sulfonamides is 1. The number of primary sulfonamides is 1. The smallest absolute Gasteiger partial charge is 0.243 e. The number of allylic oxidation sites excluding steroid dienone is 2. The second-order valence-electron chi connectivity index (χ2n) is 7.11. The Balaban J connectivity index is 1.55. The fourth-order valence-electron chi connectivity index (χ4n) is 3.65. The number of likely N-dealkylation sites (tertiary alicyclic amines) is 1. The summed E-state index contributed by atoms with van der Waals surface area (Å²) < 4.78 is 22.5. The summed E-state index contributed by atoms with van der Waals surface area (Å²) in [7, 11) is -3.74. The lowest BCUT2D eigenvalue weighted by Gasteiger charge is -2.22. The number of benzene rings is 1. The number of rotatable bonds is 6. The van der Waals surface area contributed by atoms with Crippen LogP contribution in [0.1, 0.15) is 25.3 Å². The highest BCUT2D eigenvalue weighted by atomic mass is 32.2. The van der Waals surface area contributed by atoms with Crippen molar-refractivity contribution in [2.24, 2.45) is 17.0 Å². The minimum absolute atomic E-state index is 0.0240. The van der Waals surface area contributed by atoms with Crippen molar-refractivity contribution in [2.45, 2.75) is 37.1 Å². The topological polar surface area (TPSA) is 127 Å². The number of carbonyl (C=O) groups excluding carboxylic acids is 3. The van der Waals surface area contributed by atoms with Crippen LogP contribution in [0.4, 0.5) is 0 Å². The van der Waals surface area contributed by atoms with Crippen LogP contribution in [0.3, 0.4) is 0 Å². The van der Waals surface area contributed by atoms with Crippen molar-refractivity contribution in [1.29, 1.82) is 0 Å². The minimum atomic E-state index is -3.74. The third-order valence-corrected chi connectivity index (χ3v) is 6.20. The van der Waals surface area contributed by atoms with E-state index in [1.165, 1.54) is 12.1 Å². The number of nitrogens with zero attached hydrogens (tertiary/aromatic N) is 1. The van der Waals surface area contributed by atoms with Crippen LogP contribution >= 0.6 is 0 Å². The molecule has 1 aromatic carbocycles. The Labute approximate surface area is 163 Å². The van der Waals surface area contributed by atoms with Crippen LogP contribution in [-0.2, 0) is 30.8 Å². The fraction of sp³-hybridized carbons (Fsp3) is 0.421. The van der Waals surface area contributed by atoms with Crippen molar-refractivity contribution < 1.29 is 22.8 Å². The van der Waals surface area contributed by atoms with E-state index in [1.54, 1.807) is 19.1 Å². The Morgan fingerprint density at radius 1 is 1.14 bits per heavy atom. The van der Waals surface area contributed by atoms with Crippen LogP contribution in [0.5, 0.6) is 0 Å². The summed E-state index contributed by atoms with van der Waals surface area (Å²) in [5, 5.41) is 7.79. The van der Waals surface area contributed by atoms with Gasteiger partial charge in [-0.15, -0.1) is 0 Å². The molecule has 1 heterocycles. The van der Waals surface area contributed by atoms with Gasteiger partial charge in [0, 0.05) is 6.54 Å². The van der Waals surface area contributed by atoms with E-state index in [0.717, 1.165) is 10.5 Å². The molecule has 3 atom stereocenters. The number of carbonyl (C=O) groups is 3. The summed E-state index contributed by atoms with van der Waals surface area (Å²) in [5.74, 6) is -1.66. The monoisotopic (exact) mass is 405 g/mol. The van der Waals surface area contributed by atoms with Crippen molar-refractivity contribution in [3.8, 4) is 0 Å². The van der Waals surface area contributed by atoms with Gasteiger partial charge in [0.05, 0.1) is 16.7 Å². The Kier molecular flexibility index (Phi) is 5.66. The molecule has 9 heteroatoms. The zero-order valence-electron chi connectivity index (χ0n) is 15.5. The Bertz CT molecular complexity index is 897. The zero-order chi connectivity index (χ0) is 20.5. The third kappa shape index (κ3) is 4.00. The number of imide groups is 1. The number of hydrogen-bond acceptors (Lipinski definition) is 5. The van der Waals surface area contributed by atoms with Crippen LogP contribution in [-0.4, -0.2) is 43.6 Å². The van der Waals surface area contributed by atoms with E-state index in [-0.39, 0.29) is 28.5 Å². The van der Waals surface area contributed by atoms with Gasteiger partial charge in [-0.3, -0.25) is 19.3 Å². The molecule has 2 aliphatic rings. The molecule has 0 spiro atoms. The molecule has 3 unspecified atom stereocenters. The molecule has 150 valence electrons. The normalized spacial score (nSPS) is 22.9. The van der Waals surface area contributed by atoms with Gasteiger partial charge in [-0.1, -0.05) is 24.3 Å². The quantitative estimate of drug-likeness (QED) is 0.521. The van der Waals surface area contributed by atoms with E-state index in [1.807, 2.05) is 12.2 Å². The predicted molar refractivity (Wildman–Crippen MR) is 101 cm³/mol. The van der Waals surface area contributed by atoms with Crippen LogP contribution in [0, 0.1) is 11.8 Å². The average molecular weight is 405 g/mol. The van der Waals surface area contributed by atoms with Crippen LogP contribution in [0.2, 0.25) is 0 Å². The molecule has 1 saturated heterocycles. The van der Waals surface area contributed by atoms with Crippen LogP contribution in [0.25, 0.3) is 0 Å². The van der Waals surface area contributed by atoms with Crippen molar-refractivity contribution >= 4 is 27.7 Å². The number of hydrogen-bond donors (Lipinski definition) is 2. The van der Waals surface area contributed by atoms with Gasteiger partial charge in [0.1, 0.15) is 6.04 Å². The van der Waals surface area contributed by atoms with Gasteiger partial charge in [-0.2, -0.15) is 0 Å². The Hall–Kier alpha value is -2.52. The maximum absolute atomic E-state index is 12.5.